The van der Waals surface area contributed by atoms with E-state index in [1.807, 2.05) is 0 Å². The number of halogens is 3. The molecule has 0 aliphatic carbocycles. The molecule has 0 saturated carbocycles. The highest BCUT2D eigenvalue weighted by atomic mass is 19.4. The lowest BCUT2D eigenvalue weighted by Gasteiger charge is -2.13. The lowest BCUT2D eigenvalue weighted by Crippen LogP contribution is -2.17. The van der Waals surface area contributed by atoms with Crippen LogP contribution in [-0.2, 0) is 0 Å². The van der Waals surface area contributed by atoms with E-state index in [2.05, 4.69) is 9.72 Å². The Kier molecular flexibility index (Phi) is 3.48. The number of nitrogens with one attached hydrogen (secondary N) is 1. The van der Waals surface area contributed by atoms with E-state index in [0.29, 0.717) is 16.5 Å². The van der Waals surface area contributed by atoms with Crippen LogP contribution in [0.15, 0.2) is 48.7 Å². The molecular formula is C16H10F3NO3. The van der Waals surface area contributed by atoms with Gasteiger partial charge in [0.2, 0.25) is 0 Å². The van der Waals surface area contributed by atoms with Crippen LogP contribution in [0, 0.1) is 0 Å². The summed E-state index contributed by atoms with van der Waals surface area (Å²) >= 11 is 0. The molecule has 1 heterocycles. The van der Waals surface area contributed by atoms with Crippen LogP contribution >= 0.6 is 0 Å². The summed E-state index contributed by atoms with van der Waals surface area (Å²) < 4.78 is 41.6. The molecule has 2 aromatic carbocycles. The van der Waals surface area contributed by atoms with Crippen molar-refractivity contribution in [3.05, 3.63) is 54.2 Å². The summed E-state index contributed by atoms with van der Waals surface area (Å²) in [7, 11) is 0. The number of hydrogen-bond donors (Lipinski definition) is 2. The van der Waals surface area contributed by atoms with Crippen LogP contribution in [0.25, 0.3) is 22.0 Å². The summed E-state index contributed by atoms with van der Waals surface area (Å²) in [5.74, 6) is -1.46. The summed E-state index contributed by atoms with van der Waals surface area (Å²) in [6, 6.07) is 10.4. The van der Waals surface area contributed by atoms with E-state index in [0.717, 1.165) is 0 Å². The second kappa shape index (κ2) is 5.35. The largest absolute Gasteiger partial charge is 0.573 e. The van der Waals surface area contributed by atoms with E-state index in [1.165, 1.54) is 30.5 Å². The minimum Gasteiger partial charge on any atom is -0.478 e. The van der Waals surface area contributed by atoms with E-state index in [-0.39, 0.29) is 16.9 Å². The molecule has 0 bridgehead atoms. The summed E-state index contributed by atoms with van der Waals surface area (Å²) in [4.78, 5) is 14.0. The molecular weight excluding hydrogens is 311 g/mol. The van der Waals surface area contributed by atoms with Crippen molar-refractivity contribution in [1.82, 2.24) is 4.98 Å². The number of aromatic amines is 1. The number of ether oxygens (including phenoxy) is 1. The van der Waals surface area contributed by atoms with Crippen LogP contribution in [0.5, 0.6) is 5.75 Å². The molecule has 0 spiro atoms. The molecule has 3 rings (SSSR count). The van der Waals surface area contributed by atoms with Crippen molar-refractivity contribution < 1.29 is 27.8 Å². The molecule has 7 heteroatoms. The predicted molar refractivity (Wildman–Crippen MR) is 77.4 cm³/mol. The third-order valence-electron chi connectivity index (χ3n) is 3.34. The molecule has 0 radical (unpaired) electrons. The number of carbonyl (C=O) groups is 1. The molecule has 2 N–H and O–H groups in total. The molecule has 4 nitrogen and oxygen atoms in total. The monoisotopic (exact) mass is 321 g/mol. The van der Waals surface area contributed by atoms with Crippen LogP contribution in [-0.4, -0.2) is 22.4 Å². The van der Waals surface area contributed by atoms with E-state index >= 15 is 0 Å². The molecule has 1 aromatic heterocycles. The number of benzene rings is 2. The van der Waals surface area contributed by atoms with Gasteiger partial charge in [0.05, 0.1) is 5.56 Å². The number of aromatic carboxylic acids is 1. The molecule has 0 aliphatic heterocycles. The molecule has 3 aromatic rings. The standard InChI is InChI=1S/C16H10F3NO3/c17-16(18,19)23-14-4-2-1-3-10(14)9-5-6-13-11(7-9)12(8-20-13)15(21)22/h1-8,20H,(H,21,22). The van der Waals surface area contributed by atoms with E-state index in [4.69, 9.17) is 5.11 Å². The normalized spacial score (nSPS) is 11.6. The first kappa shape index (κ1) is 15.0. The third-order valence-corrected chi connectivity index (χ3v) is 3.34. The van der Waals surface area contributed by atoms with E-state index in [1.54, 1.807) is 18.2 Å². The highest BCUT2D eigenvalue weighted by Crippen LogP contribution is 2.35. The van der Waals surface area contributed by atoms with Gasteiger partial charge in [-0.2, -0.15) is 0 Å². The van der Waals surface area contributed by atoms with E-state index < -0.39 is 12.3 Å². The van der Waals surface area contributed by atoms with Gasteiger partial charge in [0, 0.05) is 22.7 Å². The zero-order valence-electron chi connectivity index (χ0n) is 11.5. The van der Waals surface area contributed by atoms with Crippen LogP contribution in [0.3, 0.4) is 0 Å². The lowest BCUT2D eigenvalue weighted by atomic mass is 10.0. The van der Waals surface area contributed by atoms with Gasteiger partial charge in [-0.15, -0.1) is 13.2 Å². The van der Waals surface area contributed by atoms with E-state index in [9.17, 15) is 18.0 Å². The van der Waals surface area contributed by atoms with Crippen LogP contribution in [0.1, 0.15) is 10.4 Å². The summed E-state index contributed by atoms with van der Waals surface area (Å²) in [5, 5.41) is 9.56. The van der Waals surface area contributed by atoms with Crippen molar-refractivity contribution >= 4 is 16.9 Å². The highest BCUT2D eigenvalue weighted by molar-refractivity contribution is 6.04. The van der Waals surface area contributed by atoms with Gasteiger partial charge in [-0.3, -0.25) is 0 Å². The highest BCUT2D eigenvalue weighted by Gasteiger charge is 2.32. The number of rotatable bonds is 3. The number of carboxylic acid groups (broad SMARTS) is 1. The topological polar surface area (TPSA) is 62.3 Å². The minimum atomic E-state index is -4.81. The first-order chi connectivity index (χ1) is 10.8. The number of fused-ring (bicyclic) bond motifs is 1. The molecule has 0 saturated heterocycles. The Hall–Kier alpha value is -2.96. The molecule has 0 amide bonds. The fourth-order valence-electron chi connectivity index (χ4n) is 2.38. The van der Waals surface area contributed by atoms with Crippen molar-refractivity contribution in [2.24, 2.45) is 0 Å². The van der Waals surface area contributed by atoms with Gasteiger partial charge in [-0.05, 0) is 23.8 Å². The summed E-state index contributed by atoms with van der Waals surface area (Å²) in [5.41, 5.74) is 1.29. The number of alkyl halides is 3. The Morgan fingerprint density at radius 2 is 1.87 bits per heavy atom. The van der Waals surface area contributed by atoms with Crippen molar-refractivity contribution in [2.45, 2.75) is 6.36 Å². The van der Waals surface area contributed by atoms with Crippen molar-refractivity contribution in [2.75, 3.05) is 0 Å². The Bertz CT molecular complexity index is 884. The number of para-hydroxylation sites is 1. The summed E-state index contributed by atoms with van der Waals surface area (Å²) in [6.45, 7) is 0. The molecule has 23 heavy (non-hydrogen) atoms. The van der Waals surface area contributed by atoms with Gasteiger partial charge in [0.25, 0.3) is 0 Å². The maximum Gasteiger partial charge on any atom is 0.573 e. The van der Waals surface area contributed by atoms with Gasteiger partial charge in [-0.25, -0.2) is 4.79 Å². The SMILES string of the molecule is O=C(O)c1c[nH]c2ccc(-c3ccccc3OC(F)(F)F)cc12. The smallest absolute Gasteiger partial charge is 0.478 e. The van der Waals surface area contributed by atoms with Gasteiger partial charge >= 0.3 is 12.3 Å². The third kappa shape index (κ3) is 2.98. The van der Waals surface area contributed by atoms with Crippen molar-refractivity contribution in [1.29, 1.82) is 0 Å². The second-order valence-electron chi connectivity index (χ2n) is 4.81. The Labute approximate surface area is 128 Å². The Morgan fingerprint density at radius 1 is 1.13 bits per heavy atom. The van der Waals surface area contributed by atoms with Crippen molar-refractivity contribution in [3.63, 3.8) is 0 Å². The van der Waals surface area contributed by atoms with Crippen LogP contribution in [0.4, 0.5) is 13.2 Å². The van der Waals surface area contributed by atoms with Crippen LogP contribution < -0.4 is 4.74 Å². The molecule has 0 unspecified atom stereocenters. The van der Waals surface area contributed by atoms with Gasteiger partial charge in [0.1, 0.15) is 5.75 Å². The van der Waals surface area contributed by atoms with Gasteiger partial charge < -0.3 is 14.8 Å². The average Bonchev–Trinajstić information content (AvgIpc) is 2.89. The fourth-order valence-corrected chi connectivity index (χ4v) is 2.38. The number of aromatic nitrogens is 1. The Morgan fingerprint density at radius 3 is 2.57 bits per heavy atom. The zero-order chi connectivity index (χ0) is 16.6. The van der Waals surface area contributed by atoms with Crippen LogP contribution in [0.2, 0.25) is 0 Å². The summed E-state index contributed by atoms with van der Waals surface area (Å²) in [6.07, 6.45) is -3.46. The van der Waals surface area contributed by atoms with Gasteiger partial charge in [0.15, 0.2) is 0 Å². The second-order valence-corrected chi connectivity index (χ2v) is 4.81. The average molecular weight is 321 g/mol. The quantitative estimate of drug-likeness (QED) is 0.750. The first-order valence-corrected chi connectivity index (χ1v) is 6.55. The molecule has 0 aliphatic rings. The molecule has 0 fully saturated rings. The maximum absolute atomic E-state index is 12.5. The first-order valence-electron chi connectivity index (χ1n) is 6.55. The minimum absolute atomic E-state index is 0.0519. The predicted octanol–water partition coefficient (Wildman–Crippen LogP) is 4.43. The van der Waals surface area contributed by atoms with Gasteiger partial charge in [-0.1, -0.05) is 24.3 Å². The zero-order valence-corrected chi connectivity index (χ0v) is 11.5. The van der Waals surface area contributed by atoms with Crippen molar-refractivity contribution in [3.8, 4) is 16.9 Å². The fraction of sp³-hybridized carbons (Fsp3) is 0.0625. The maximum atomic E-state index is 12.5. The number of hydrogen-bond acceptors (Lipinski definition) is 2. The molecule has 0 atom stereocenters. The number of H-pyrrole nitrogens is 1. The Balaban J connectivity index is 2.14. The molecule has 118 valence electrons. The number of carboxylic acids is 1. The lowest BCUT2D eigenvalue weighted by molar-refractivity contribution is -0.274.